The highest BCUT2D eigenvalue weighted by Gasteiger charge is 2.31. The van der Waals surface area contributed by atoms with Crippen molar-refractivity contribution in [2.45, 2.75) is 39.7 Å². The Balaban J connectivity index is 1.86. The third-order valence-corrected chi connectivity index (χ3v) is 4.50. The first kappa shape index (κ1) is 21.4. The van der Waals surface area contributed by atoms with Crippen LogP contribution in [0.4, 0.5) is 5.69 Å². The molecule has 0 spiro atoms. The smallest absolute Gasteiger partial charge is 0.338 e. The summed E-state index contributed by atoms with van der Waals surface area (Å²) < 4.78 is 10.3. The number of amides is 2. The lowest BCUT2D eigenvalue weighted by Gasteiger charge is -2.32. The molecule has 0 bridgehead atoms. The van der Waals surface area contributed by atoms with Gasteiger partial charge in [0, 0.05) is 25.7 Å². The summed E-state index contributed by atoms with van der Waals surface area (Å²) in [5, 5.41) is 2.61. The lowest BCUT2D eigenvalue weighted by atomic mass is 9.97. The number of anilines is 1. The molecular weight excluding hydrogens is 364 g/mol. The molecule has 152 valence electrons. The lowest BCUT2D eigenvalue weighted by molar-refractivity contribution is -0.152. The van der Waals surface area contributed by atoms with Gasteiger partial charge in [-0.25, -0.2) is 4.79 Å². The maximum atomic E-state index is 12.5. The van der Waals surface area contributed by atoms with Gasteiger partial charge in [0.15, 0.2) is 6.10 Å². The monoisotopic (exact) mass is 390 g/mol. The number of benzene rings is 1. The van der Waals surface area contributed by atoms with Crippen LogP contribution in [0, 0.1) is 5.92 Å². The van der Waals surface area contributed by atoms with Gasteiger partial charge >= 0.3 is 11.9 Å². The maximum Gasteiger partial charge on any atom is 0.338 e. The molecule has 2 amide bonds. The molecule has 0 aliphatic carbocycles. The Bertz CT molecular complexity index is 723. The van der Waals surface area contributed by atoms with Crippen LogP contribution < -0.4 is 5.32 Å². The first-order valence-corrected chi connectivity index (χ1v) is 9.35. The van der Waals surface area contributed by atoms with E-state index in [1.165, 1.54) is 26.0 Å². The van der Waals surface area contributed by atoms with Crippen molar-refractivity contribution in [3.8, 4) is 0 Å². The molecule has 0 aromatic heterocycles. The number of esters is 2. The van der Waals surface area contributed by atoms with E-state index in [0.717, 1.165) is 0 Å². The first-order chi connectivity index (χ1) is 13.3. The zero-order valence-corrected chi connectivity index (χ0v) is 16.4. The number of hydrogen-bond acceptors (Lipinski definition) is 6. The van der Waals surface area contributed by atoms with Crippen molar-refractivity contribution in [1.29, 1.82) is 0 Å². The molecule has 1 aliphatic rings. The third-order valence-electron chi connectivity index (χ3n) is 4.50. The highest BCUT2D eigenvalue weighted by atomic mass is 16.5. The van der Waals surface area contributed by atoms with E-state index in [4.69, 9.17) is 9.47 Å². The fourth-order valence-corrected chi connectivity index (χ4v) is 3.02. The standard InChI is InChI=1S/C20H26N2O6/c1-4-27-19(25)16-9-11-22(12-10-16)18(24)13(2)28-20(26)15-5-7-17(8-6-15)21-14(3)23/h5-8,13,16H,4,9-12H2,1-3H3,(H,21,23)/t13-/m1/s1. The predicted octanol–water partition coefficient (Wildman–Crippen LogP) is 1.99. The maximum absolute atomic E-state index is 12.5. The molecule has 0 unspecified atom stereocenters. The van der Waals surface area contributed by atoms with E-state index in [2.05, 4.69) is 5.32 Å². The predicted molar refractivity (Wildman–Crippen MR) is 102 cm³/mol. The second-order valence-electron chi connectivity index (χ2n) is 6.66. The number of rotatable bonds is 6. The Kier molecular flexibility index (Phi) is 7.54. The Morgan fingerprint density at radius 3 is 2.29 bits per heavy atom. The Morgan fingerprint density at radius 1 is 1.14 bits per heavy atom. The van der Waals surface area contributed by atoms with Crippen LogP contribution in [0.2, 0.25) is 0 Å². The first-order valence-electron chi connectivity index (χ1n) is 9.35. The molecule has 1 N–H and O–H groups in total. The van der Waals surface area contributed by atoms with Gasteiger partial charge in [0.05, 0.1) is 18.1 Å². The highest BCUT2D eigenvalue weighted by molar-refractivity contribution is 5.93. The van der Waals surface area contributed by atoms with Crippen molar-refractivity contribution in [3.05, 3.63) is 29.8 Å². The van der Waals surface area contributed by atoms with Crippen molar-refractivity contribution in [2.24, 2.45) is 5.92 Å². The van der Waals surface area contributed by atoms with Crippen LogP contribution in [0.5, 0.6) is 0 Å². The van der Waals surface area contributed by atoms with Gasteiger partial charge in [-0.3, -0.25) is 14.4 Å². The average molecular weight is 390 g/mol. The third kappa shape index (κ3) is 5.80. The van der Waals surface area contributed by atoms with Crippen molar-refractivity contribution in [3.63, 3.8) is 0 Å². The second-order valence-corrected chi connectivity index (χ2v) is 6.66. The van der Waals surface area contributed by atoms with Gasteiger partial charge in [-0.2, -0.15) is 0 Å². The lowest BCUT2D eigenvalue weighted by Crippen LogP contribution is -2.45. The Morgan fingerprint density at radius 2 is 1.75 bits per heavy atom. The van der Waals surface area contributed by atoms with Gasteiger partial charge < -0.3 is 19.7 Å². The summed E-state index contributed by atoms with van der Waals surface area (Å²) in [6, 6.07) is 6.22. The molecule has 0 saturated carbocycles. The van der Waals surface area contributed by atoms with Crippen LogP contribution in [0.15, 0.2) is 24.3 Å². The molecule has 1 aliphatic heterocycles. The van der Waals surface area contributed by atoms with E-state index < -0.39 is 12.1 Å². The molecule has 8 nitrogen and oxygen atoms in total. The molecule has 1 saturated heterocycles. The van der Waals surface area contributed by atoms with Gasteiger partial charge in [-0.1, -0.05) is 0 Å². The molecule has 1 aromatic carbocycles. The number of nitrogens with one attached hydrogen (secondary N) is 1. The van der Waals surface area contributed by atoms with Crippen LogP contribution in [0.25, 0.3) is 0 Å². The summed E-state index contributed by atoms with van der Waals surface area (Å²) in [4.78, 5) is 49.2. The number of ether oxygens (including phenoxy) is 2. The fourth-order valence-electron chi connectivity index (χ4n) is 3.02. The van der Waals surface area contributed by atoms with Gasteiger partial charge in [0.2, 0.25) is 5.91 Å². The molecular formula is C20H26N2O6. The second kappa shape index (κ2) is 9.87. The molecule has 1 aromatic rings. The van der Waals surface area contributed by atoms with Crippen LogP contribution >= 0.6 is 0 Å². The van der Waals surface area contributed by atoms with Crippen molar-refractivity contribution in [2.75, 3.05) is 25.0 Å². The van der Waals surface area contributed by atoms with Gasteiger partial charge in [0.25, 0.3) is 5.91 Å². The zero-order valence-electron chi connectivity index (χ0n) is 16.4. The summed E-state index contributed by atoms with van der Waals surface area (Å²) in [6.45, 7) is 5.89. The highest BCUT2D eigenvalue weighted by Crippen LogP contribution is 2.20. The number of likely N-dealkylation sites (tertiary alicyclic amines) is 1. The van der Waals surface area contributed by atoms with Crippen LogP contribution in [0.3, 0.4) is 0 Å². The van der Waals surface area contributed by atoms with Gasteiger partial charge in [-0.05, 0) is 51.0 Å². The van der Waals surface area contributed by atoms with Gasteiger partial charge in [-0.15, -0.1) is 0 Å². The Labute approximate surface area is 164 Å². The van der Waals surface area contributed by atoms with E-state index in [0.29, 0.717) is 38.2 Å². The van der Waals surface area contributed by atoms with Crippen LogP contribution in [0.1, 0.15) is 44.0 Å². The number of hydrogen-bond donors (Lipinski definition) is 1. The minimum Gasteiger partial charge on any atom is -0.466 e. The number of piperidine rings is 1. The van der Waals surface area contributed by atoms with Crippen molar-refractivity contribution < 1.29 is 28.7 Å². The number of carbonyl (C=O) groups is 4. The van der Waals surface area contributed by atoms with E-state index in [-0.39, 0.29) is 29.3 Å². The minimum atomic E-state index is -0.929. The Hall–Kier alpha value is -2.90. The largest absolute Gasteiger partial charge is 0.466 e. The molecule has 2 rings (SSSR count). The van der Waals surface area contributed by atoms with Crippen LogP contribution in [-0.2, 0) is 23.9 Å². The van der Waals surface area contributed by atoms with Gasteiger partial charge in [0.1, 0.15) is 0 Å². The summed E-state index contributed by atoms with van der Waals surface area (Å²) in [7, 11) is 0. The molecule has 8 heteroatoms. The summed E-state index contributed by atoms with van der Waals surface area (Å²) in [5.41, 5.74) is 0.854. The molecule has 1 atom stereocenters. The summed E-state index contributed by atoms with van der Waals surface area (Å²) in [5.74, 6) is -1.52. The minimum absolute atomic E-state index is 0.191. The van der Waals surface area contributed by atoms with Crippen LogP contribution in [-0.4, -0.2) is 54.5 Å². The average Bonchev–Trinajstić information content (AvgIpc) is 2.67. The van der Waals surface area contributed by atoms with E-state index in [1.54, 1.807) is 24.0 Å². The molecule has 1 heterocycles. The molecule has 28 heavy (non-hydrogen) atoms. The zero-order chi connectivity index (χ0) is 20.7. The fraction of sp³-hybridized carbons (Fsp3) is 0.500. The van der Waals surface area contributed by atoms with Crippen molar-refractivity contribution in [1.82, 2.24) is 4.90 Å². The molecule has 1 fully saturated rings. The normalized spacial score (nSPS) is 15.5. The summed E-state index contributed by atoms with van der Waals surface area (Å²) >= 11 is 0. The molecule has 0 radical (unpaired) electrons. The topological polar surface area (TPSA) is 102 Å². The van der Waals surface area contributed by atoms with Crippen molar-refractivity contribution >= 4 is 29.4 Å². The van der Waals surface area contributed by atoms with E-state index >= 15 is 0 Å². The van der Waals surface area contributed by atoms with E-state index in [9.17, 15) is 19.2 Å². The quantitative estimate of drug-likeness (QED) is 0.746. The number of nitrogens with zero attached hydrogens (tertiary/aromatic N) is 1. The summed E-state index contributed by atoms with van der Waals surface area (Å²) in [6.07, 6.45) is 0.146. The SMILES string of the molecule is CCOC(=O)C1CCN(C(=O)[C@@H](C)OC(=O)c2ccc(NC(C)=O)cc2)CC1. The number of carbonyl (C=O) groups excluding carboxylic acids is 4. The van der Waals surface area contributed by atoms with E-state index in [1.807, 2.05) is 0 Å².